The molecule has 1 aliphatic rings. The van der Waals surface area contributed by atoms with Gasteiger partial charge in [-0.1, -0.05) is 13.0 Å². The second kappa shape index (κ2) is 7.18. The molecule has 0 bridgehead atoms. The molecule has 1 aromatic carbocycles. The van der Waals surface area contributed by atoms with Crippen molar-refractivity contribution in [3.05, 3.63) is 23.8 Å². The van der Waals surface area contributed by atoms with Gasteiger partial charge in [-0.15, -0.1) is 0 Å². The normalized spacial score (nSPS) is 17.1. The number of halogens is 3. The van der Waals surface area contributed by atoms with E-state index in [1.54, 1.807) is 13.0 Å². The smallest absolute Gasteiger partial charge is 0.376 e. The summed E-state index contributed by atoms with van der Waals surface area (Å²) in [4.78, 5) is 4.36. The van der Waals surface area contributed by atoms with E-state index in [2.05, 4.69) is 16.0 Å². The molecule has 0 spiro atoms. The van der Waals surface area contributed by atoms with Crippen LogP contribution >= 0.6 is 0 Å². The summed E-state index contributed by atoms with van der Waals surface area (Å²) in [5, 5.41) is 0. The fourth-order valence-electron chi connectivity index (χ4n) is 2.73. The van der Waals surface area contributed by atoms with E-state index in [4.69, 9.17) is 0 Å². The van der Waals surface area contributed by atoms with Crippen LogP contribution < -0.4 is 9.08 Å². The Labute approximate surface area is 140 Å². The van der Waals surface area contributed by atoms with Crippen LogP contribution in [-0.2, 0) is 10.1 Å². The second-order valence-electron chi connectivity index (χ2n) is 5.71. The van der Waals surface area contributed by atoms with Crippen molar-refractivity contribution in [3.63, 3.8) is 0 Å². The molecule has 0 atom stereocenters. The molecule has 0 unspecified atom stereocenters. The lowest BCUT2D eigenvalue weighted by Crippen LogP contribution is -2.46. The zero-order chi connectivity index (χ0) is 18.0. The highest BCUT2D eigenvalue weighted by atomic mass is 32.2. The third kappa shape index (κ3) is 4.13. The van der Waals surface area contributed by atoms with Gasteiger partial charge in [0.05, 0.1) is 0 Å². The van der Waals surface area contributed by atoms with Crippen molar-refractivity contribution < 1.29 is 25.8 Å². The molecule has 0 radical (unpaired) electrons. The maximum atomic E-state index is 12.5. The lowest BCUT2D eigenvalue weighted by Gasteiger charge is -2.36. The number of hydrogen-bond acceptors (Lipinski definition) is 5. The van der Waals surface area contributed by atoms with E-state index in [0.29, 0.717) is 11.3 Å². The zero-order valence-corrected chi connectivity index (χ0v) is 14.5. The molecule has 24 heavy (non-hydrogen) atoms. The highest BCUT2D eigenvalue weighted by Gasteiger charge is 2.48. The van der Waals surface area contributed by atoms with Crippen LogP contribution in [0.25, 0.3) is 0 Å². The van der Waals surface area contributed by atoms with Crippen molar-refractivity contribution in [1.29, 1.82) is 0 Å². The van der Waals surface area contributed by atoms with Gasteiger partial charge in [0.1, 0.15) is 5.75 Å². The summed E-state index contributed by atoms with van der Waals surface area (Å²) >= 11 is 0. The fourth-order valence-corrected chi connectivity index (χ4v) is 3.24. The van der Waals surface area contributed by atoms with E-state index in [9.17, 15) is 21.6 Å². The molecular formula is C15H21F3N2O3S. The summed E-state index contributed by atoms with van der Waals surface area (Å²) in [6.45, 7) is 7.87. The van der Waals surface area contributed by atoms with Gasteiger partial charge in [-0.05, 0) is 32.0 Å². The number of nitrogens with zero attached hydrogens (tertiary/aromatic N) is 2. The van der Waals surface area contributed by atoms with Crippen LogP contribution in [0.5, 0.6) is 5.75 Å². The largest absolute Gasteiger partial charge is 0.534 e. The van der Waals surface area contributed by atoms with Gasteiger partial charge in [0.25, 0.3) is 0 Å². The van der Waals surface area contributed by atoms with Crippen molar-refractivity contribution in [3.8, 4) is 5.75 Å². The number of benzene rings is 1. The van der Waals surface area contributed by atoms with Gasteiger partial charge in [-0.2, -0.15) is 21.6 Å². The molecule has 0 amide bonds. The van der Waals surface area contributed by atoms with E-state index in [0.717, 1.165) is 39.1 Å². The molecule has 1 saturated heterocycles. The first-order chi connectivity index (χ1) is 11.2. The molecular weight excluding hydrogens is 345 g/mol. The average Bonchev–Trinajstić information content (AvgIpc) is 2.49. The van der Waals surface area contributed by atoms with Crippen LogP contribution in [-0.4, -0.2) is 51.5 Å². The molecule has 1 aliphatic heterocycles. The third-order valence-electron chi connectivity index (χ3n) is 3.99. The van der Waals surface area contributed by atoms with E-state index in [1.807, 2.05) is 4.90 Å². The summed E-state index contributed by atoms with van der Waals surface area (Å²) in [5.41, 5.74) is -4.36. The monoisotopic (exact) mass is 366 g/mol. The first-order valence-electron chi connectivity index (χ1n) is 7.73. The lowest BCUT2D eigenvalue weighted by atomic mass is 10.1. The molecule has 1 heterocycles. The number of hydrogen-bond donors (Lipinski definition) is 0. The van der Waals surface area contributed by atoms with Gasteiger partial charge in [0.2, 0.25) is 0 Å². The Hall–Kier alpha value is -1.48. The quantitative estimate of drug-likeness (QED) is 0.592. The van der Waals surface area contributed by atoms with Crippen LogP contribution in [0.3, 0.4) is 0 Å². The summed E-state index contributed by atoms with van der Waals surface area (Å²) in [6, 6.07) is 4.50. The minimum atomic E-state index is -5.66. The van der Waals surface area contributed by atoms with Gasteiger partial charge in [-0.3, -0.25) is 4.90 Å². The third-order valence-corrected chi connectivity index (χ3v) is 4.96. The van der Waals surface area contributed by atoms with Gasteiger partial charge in [0.15, 0.2) is 0 Å². The second-order valence-corrected chi connectivity index (χ2v) is 7.25. The van der Waals surface area contributed by atoms with Gasteiger partial charge in [-0.25, -0.2) is 0 Å². The Balaban J connectivity index is 2.17. The molecule has 0 N–H and O–H groups in total. The van der Waals surface area contributed by atoms with E-state index < -0.39 is 15.6 Å². The van der Waals surface area contributed by atoms with Gasteiger partial charge < -0.3 is 9.08 Å². The van der Waals surface area contributed by atoms with Gasteiger partial charge in [0, 0.05) is 37.4 Å². The van der Waals surface area contributed by atoms with Crippen molar-refractivity contribution in [1.82, 2.24) is 4.90 Å². The molecule has 1 fully saturated rings. The minimum absolute atomic E-state index is 0.291. The van der Waals surface area contributed by atoms with Crippen molar-refractivity contribution >= 4 is 15.8 Å². The summed E-state index contributed by atoms with van der Waals surface area (Å²) in [5.74, 6) is -0.291. The number of piperazine rings is 1. The fraction of sp³-hybridized carbons (Fsp3) is 0.600. The van der Waals surface area contributed by atoms with Crippen molar-refractivity contribution in [2.75, 3.05) is 37.6 Å². The first-order valence-corrected chi connectivity index (χ1v) is 9.14. The van der Waals surface area contributed by atoms with Crippen LogP contribution in [0.15, 0.2) is 18.2 Å². The van der Waals surface area contributed by atoms with Crippen molar-refractivity contribution in [2.45, 2.75) is 25.8 Å². The van der Waals surface area contributed by atoms with E-state index in [1.165, 1.54) is 12.1 Å². The lowest BCUT2D eigenvalue weighted by molar-refractivity contribution is -0.0500. The van der Waals surface area contributed by atoms with Crippen LogP contribution in [0.1, 0.15) is 18.9 Å². The maximum absolute atomic E-state index is 12.5. The summed E-state index contributed by atoms with van der Waals surface area (Å²) < 4.78 is 64.2. The average molecular weight is 366 g/mol. The number of anilines is 1. The molecule has 0 aliphatic carbocycles. The summed E-state index contributed by atoms with van der Waals surface area (Å²) in [6.07, 6.45) is 1.07. The molecule has 2 rings (SSSR count). The van der Waals surface area contributed by atoms with E-state index >= 15 is 0 Å². The van der Waals surface area contributed by atoms with Crippen molar-refractivity contribution in [2.24, 2.45) is 0 Å². The standard InChI is InChI=1S/C15H21F3N2O3S/c1-3-7-19-8-10-20(11-9-19)13-5-4-6-14(12(13)2)23-24(21,22)15(16,17)18/h4-6H,3,7-11H2,1-2H3. The molecule has 1 aromatic rings. The van der Waals surface area contributed by atoms with Crippen LogP contribution in [0.4, 0.5) is 18.9 Å². The number of rotatable bonds is 5. The molecule has 5 nitrogen and oxygen atoms in total. The highest BCUT2D eigenvalue weighted by Crippen LogP contribution is 2.33. The predicted octanol–water partition coefficient (Wildman–Crippen LogP) is 2.76. The predicted molar refractivity (Wildman–Crippen MR) is 85.7 cm³/mol. The Bertz CT molecular complexity index is 669. The molecule has 0 aromatic heterocycles. The molecule has 136 valence electrons. The topological polar surface area (TPSA) is 49.9 Å². The molecule has 9 heteroatoms. The van der Waals surface area contributed by atoms with E-state index in [-0.39, 0.29) is 5.75 Å². The molecule has 0 saturated carbocycles. The Morgan fingerprint density at radius 3 is 2.33 bits per heavy atom. The maximum Gasteiger partial charge on any atom is 0.534 e. The number of alkyl halides is 3. The first kappa shape index (κ1) is 18.9. The Morgan fingerprint density at radius 2 is 1.79 bits per heavy atom. The SMILES string of the molecule is CCCN1CCN(c2cccc(OS(=O)(=O)C(F)(F)F)c2C)CC1. The minimum Gasteiger partial charge on any atom is -0.376 e. The van der Waals surface area contributed by atoms with Gasteiger partial charge >= 0.3 is 15.6 Å². The Morgan fingerprint density at radius 1 is 1.17 bits per heavy atom. The van der Waals surface area contributed by atoms with Crippen LogP contribution in [0.2, 0.25) is 0 Å². The zero-order valence-electron chi connectivity index (χ0n) is 13.6. The van der Waals surface area contributed by atoms with Crippen LogP contribution in [0, 0.1) is 6.92 Å². The summed E-state index contributed by atoms with van der Waals surface area (Å²) in [7, 11) is -5.66. The Kier molecular flexibility index (Phi) is 5.64. The highest BCUT2D eigenvalue weighted by molar-refractivity contribution is 7.88.